The van der Waals surface area contributed by atoms with Crippen molar-refractivity contribution in [2.45, 2.75) is 39.5 Å². The molecule has 4 heteroatoms. The Morgan fingerprint density at radius 1 is 1.47 bits per heavy atom. The molecule has 0 aliphatic heterocycles. The van der Waals surface area contributed by atoms with E-state index in [9.17, 15) is 0 Å². The molecule has 0 unspecified atom stereocenters. The molecule has 0 aromatic carbocycles. The average molecular weight is 300 g/mol. The van der Waals surface area contributed by atoms with Gasteiger partial charge in [-0.05, 0) is 25.5 Å². The van der Waals surface area contributed by atoms with Crippen molar-refractivity contribution in [2.24, 2.45) is 0 Å². The van der Waals surface area contributed by atoms with Crippen molar-refractivity contribution >= 4 is 28.8 Å². The van der Waals surface area contributed by atoms with Gasteiger partial charge in [0, 0.05) is 17.1 Å². The van der Waals surface area contributed by atoms with Crippen LogP contribution in [0.5, 0.6) is 0 Å². The Morgan fingerprint density at radius 2 is 2.11 bits per heavy atom. The minimum atomic E-state index is 0.224. The van der Waals surface area contributed by atoms with Crippen LogP contribution in [0.4, 0.5) is 0 Å². The van der Waals surface area contributed by atoms with E-state index in [0.29, 0.717) is 16.6 Å². The number of rotatable bonds is 5. The number of allylic oxidation sites excluding steroid dienone is 5. The van der Waals surface area contributed by atoms with Crippen molar-refractivity contribution in [3.63, 3.8) is 0 Å². The summed E-state index contributed by atoms with van der Waals surface area (Å²) < 4.78 is 5.42. The third kappa shape index (κ3) is 3.52. The molecule has 0 N–H and O–H groups in total. The standard InChI is InChI=1S/C15H19Cl2NO/c1-6-7-12(17)13(9(2)3)14-11(8-16)15(10(4)5)19-18-14/h6-7,10H,2,8H2,1,3-5H3/b7-6-,13-12-. The quantitative estimate of drug-likeness (QED) is 0.519. The van der Waals surface area contributed by atoms with Gasteiger partial charge < -0.3 is 4.52 Å². The zero-order valence-electron chi connectivity index (χ0n) is 11.8. The van der Waals surface area contributed by atoms with Crippen LogP contribution in [-0.4, -0.2) is 5.16 Å². The van der Waals surface area contributed by atoms with Crippen LogP contribution in [0.15, 0.2) is 33.9 Å². The summed E-state index contributed by atoms with van der Waals surface area (Å²) in [5, 5.41) is 4.72. The van der Waals surface area contributed by atoms with Crippen molar-refractivity contribution in [1.82, 2.24) is 5.16 Å². The minimum Gasteiger partial charge on any atom is -0.360 e. The van der Waals surface area contributed by atoms with E-state index in [2.05, 4.69) is 11.7 Å². The van der Waals surface area contributed by atoms with Gasteiger partial charge in [0.1, 0.15) is 11.5 Å². The lowest BCUT2D eigenvalue weighted by atomic mass is 9.98. The van der Waals surface area contributed by atoms with E-state index >= 15 is 0 Å². The second-order valence-corrected chi connectivity index (χ2v) is 5.34. The Labute approximate surface area is 124 Å². The van der Waals surface area contributed by atoms with E-state index in [1.54, 1.807) is 0 Å². The third-order valence-corrected chi connectivity index (χ3v) is 3.27. The van der Waals surface area contributed by atoms with Gasteiger partial charge in [-0.3, -0.25) is 0 Å². The summed E-state index contributed by atoms with van der Waals surface area (Å²) in [4.78, 5) is 0. The van der Waals surface area contributed by atoms with Crippen molar-refractivity contribution in [2.75, 3.05) is 0 Å². The predicted molar refractivity (Wildman–Crippen MR) is 82.6 cm³/mol. The topological polar surface area (TPSA) is 26.0 Å². The van der Waals surface area contributed by atoms with Gasteiger partial charge >= 0.3 is 0 Å². The largest absolute Gasteiger partial charge is 0.360 e. The van der Waals surface area contributed by atoms with Crippen LogP contribution in [0, 0.1) is 0 Å². The molecule has 0 aliphatic rings. The number of aromatic nitrogens is 1. The fraction of sp³-hybridized carbons (Fsp3) is 0.400. The molecule has 0 fully saturated rings. The lowest BCUT2D eigenvalue weighted by molar-refractivity contribution is 0.368. The fourth-order valence-corrected chi connectivity index (χ4v) is 2.49. The highest BCUT2D eigenvalue weighted by molar-refractivity contribution is 6.35. The molecule has 1 heterocycles. The zero-order valence-corrected chi connectivity index (χ0v) is 13.3. The predicted octanol–water partition coefficient (Wildman–Crippen LogP) is 5.64. The highest BCUT2D eigenvalue weighted by atomic mass is 35.5. The van der Waals surface area contributed by atoms with Crippen LogP contribution in [0.3, 0.4) is 0 Å². The average Bonchev–Trinajstić information content (AvgIpc) is 2.72. The first-order valence-electron chi connectivity index (χ1n) is 6.17. The molecule has 0 aliphatic carbocycles. The summed E-state index contributed by atoms with van der Waals surface area (Å²) >= 11 is 12.3. The number of halogens is 2. The normalized spacial score (nSPS) is 13.2. The fourth-order valence-electron chi connectivity index (χ4n) is 1.85. The second-order valence-electron chi connectivity index (χ2n) is 4.67. The maximum absolute atomic E-state index is 6.30. The summed E-state index contributed by atoms with van der Waals surface area (Å²) in [6.07, 6.45) is 3.68. The maximum atomic E-state index is 6.30. The van der Waals surface area contributed by atoms with Gasteiger partial charge in [0.2, 0.25) is 0 Å². The van der Waals surface area contributed by atoms with Crippen molar-refractivity contribution in [3.05, 3.63) is 46.4 Å². The molecule has 2 nitrogen and oxygen atoms in total. The molecule has 1 aromatic heterocycles. The maximum Gasteiger partial charge on any atom is 0.144 e. The van der Waals surface area contributed by atoms with Gasteiger partial charge in [0.15, 0.2) is 0 Å². The molecule has 1 aromatic rings. The van der Waals surface area contributed by atoms with Crippen LogP contribution in [-0.2, 0) is 5.88 Å². The van der Waals surface area contributed by atoms with Gasteiger partial charge in [-0.25, -0.2) is 0 Å². The first kappa shape index (κ1) is 16.1. The number of hydrogen-bond acceptors (Lipinski definition) is 2. The van der Waals surface area contributed by atoms with Crippen molar-refractivity contribution < 1.29 is 4.52 Å². The van der Waals surface area contributed by atoms with Gasteiger partial charge in [-0.2, -0.15) is 0 Å². The summed E-state index contributed by atoms with van der Waals surface area (Å²) in [5.74, 6) is 1.36. The van der Waals surface area contributed by atoms with Gasteiger partial charge in [-0.15, -0.1) is 11.6 Å². The monoisotopic (exact) mass is 299 g/mol. The molecule has 19 heavy (non-hydrogen) atoms. The third-order valence-electron chi connectivity index (χ3n) is 2.69. The molecule has 0 spiro atoms. The van der Waals surface area contributed by atoms with Crippen molar-refractivity contribution in [1.29, 1.82) is 0 Å². The molecule has 0 radical (unpaired) electrons. The first-order chi connectivity index (χ1) is 8.93. The van der Waals surface area contributed by atoms with E-state index < -0.39 is 0 Å². The summed E-state index contributed by atoms with van der Waals surface area (Å²) in [6, 6.07) is 0. The SMILES string of the molecule is C=C(C)/C(=C(Cl)\C=C/C)c1noc(C(C)C)c1CCl. The van der Waals surface area contributed by atoms with Crippen molar-refractivity contribution in [3.8, 4) is 0 Å². The molecule has 0 saturated heterocycles. The minimum absolute atomic E-state index is 0.224. The Kier molecular flexibility index (Phi) is 5.89. The highest BCUT2D eigenvalue weighted by Gasteiger charge is 2.22. The second kappa shape index (κ2) is 6.97. The van der Waals surface area contributed by atoms with Crippen LogP contribution >= 0.6 is 23.2 Å². The smallest absolute Gasteiger partial charge is 0.144 e. The van der Waals surface area contributed by atoms with E-state index in [4.69, 9.17) is 27.7 Å². The Bertz CT molecular complexity index is 524. The lowest BCUT2D eigenvalue weighted by Gasteiger charge is -2.08. The lowest BCUT2D eigenvalue weighted by Crippen LogP contribution is -1.96. The van der Waals surface area contributed by atoms with E-state index in [1.165, 1.54) is 0 Å². The number of hydrogen-bond donors (Lipinski definition) is 0. The molecule has 0 amide bonds. The van der Waals surface area contributed by atoms with Crippen LogP contribution in [0.1, 0.15) is 50.6 Å². The molecule has 0 saturated carbocycles. The molecule has 0 atom stereocenters. The van der Waals surface area contributed by atoms with Gasteiger partial charge in [0.05, 0.1) is 10.9 Å². The Balaban J connectivity index is 3.49. The zero-order chi connectivity index (χ0) is 14.6. The molecule has 1 rings (SSSR count). The van der Waals surface area contributed by atoms with Crippen LogP contribution in [0.25, 0.3) is 5.57 Å². The molecule has 0 bridgehead atoms. The van der Waals surface area contributed by atoms with E-state index in [-0.39, 0.29) is 5.92 Å². The summed E-state index contributed by atoms with van der Waals surface area (Å²) in [7, 11) is 0. The molecular formula is C15H19Cl2NO. The Hall–Kier alpha value is -0.990. The Morgan fingerprint density at radius 3 is 2.53 bits per heavy atom. The number of nitrogens with zero attached hydrogens (tertiary/aromatic N) is 1. The molecular weight excluding hydrogens is 281 g/mol. The van der Waals surface area contributed by atoms with Gasteiger partial charge in [0.25, 0.3) is 0 Å². The van der Waals surface area contributed by atoms with E-state index in [0.717, 1.165) is 22.5 Å². The van der Waals surface area contributed by atoms with Crippen LogP contribution in [0.2, 0.25) is 0 Å². The van der Waals surface area contributed by atoms with Crippen LogP contribution < -0.4 is 0 Å². The van der Waals surface area contributed by atoms with E-state index in [1.807, 2.05) is 39.8 Å². The number of alkyl halides is 1. The highest BCUT2D eigenvalue weighted by Crippen LogP contribution is 2.34. The van der Waals surface area contributed by atoms with Gasteiger partial charge in [-0.1, -0.05) is 43.3 Å². The first-order valence-corrected chi connectivity index (χ1v) is 7.08. The molecule has 104 valence electrons. The summed E-state index contributed by atoms with van der Waals surface area (Å²) in [6.45, 7) is 11.8. The summed E-state index contributed by atoms with van der Waals surface area (Å²) in [5.41, 5.74) is 3.19.